The van der Waals surface area contributed by atoms with Crippen LogP contribution in [0.4, 0.5) is 4.79 Å². The van der Waals surface area contributed by atoms with Crippen molar-refractivity contribution in [2.75, 3.05) is 13.2 Å². The third-order valence-corrected chi connectivity index (χ3v) is 2.44. The minimum atomic E-state index is -1.04. The van der Waals surface area contributed by atoms with Crippen LogP contribution in [0.2, 0.25) is 0 Å². The van der Waals surface area contributed by atoms with Crippen molar-refractivity contribution in [2.24, 2.45) is 0 Å². The van der Waals surface area contributed by atoms with Crippen LogP contribution in [-0.4, -0.2) is 40.7 Å². The van der Waals surface area contributed by atoms with Crippen molar-refractivity contribution < 1.29 is 19.7 Å². The van der Waals surface area contributed by atoms with Gasteiger partial charge < -0.3 is 20.3 Å². The summed E-state index contributed by atoms with van der Waals surface area (Å²) in [6.45, 7) is 8.20. The number of rotatable bonds is 7. The Hall–Kier alpha value is -1.07. The number of amides is 1. The molecule has 0 aromatic heterocycles. The lowest BCUT2D eigenvalue weighted by Crippen LogP contribution is -2.55. The zero-order chi connectivity index (χ0) is 14.2. The van der Waals surface area contributed by atoms with Crippen LogP contribution < -0.4 is 5.32 Å². The minimum Gasteiger partial charge on any atom is -0.444 e. The van der Waals surface area contributed by atoms with Crippen molar-refractivity contribution in [1.29, 1.82) is 0 Å². The molecule has 0 fully saturated rings. The Morgan fingerprint density at radius 3 is 2.28 bits per heavy atom. The summed E-state index contributed by atoms with van der Waals surface area (Å²) in [5, 5.41) is 21.3. The van der Waals surface area contributed by atoms with Crippen LogP contribution in [0.1, 0.15) is 40.0 Å². The predicted octanol–water partition coefficient (Wildman–Crippen LogP) is 1.59. The highest BCUT2D eigenvalue weighted by Crippen LogP contribution is 2.15. The second kappa shape index (κ2) is 7.38. The first kappa shape index (κ1) is 16.9. The van der Waals surface area contributed by atoms with Gasteiger partial charge in [0.25, 0.3) is 0 Å². The van der Waals surface area contributed by atoms with E-state index in [1.807, 2.05) is 0 Å². The summed E-state index contributed by atoms with van der Waals surface area (Å²) in [5.74, 6) is 0. The number of unbranched alkanes of at least 4 members (excludes halogenated alkanes) is 1. The first-order valence-corrected chi connectivity index (χ1v) is 6.12. The van der Waals surface area contributed by atoms with E-state index in [9.17, 15) is 15.0 Å². The Morgan fingerprint density at radius 2 is 1.89 bits per heavy atom. The molecule has 0 saturated heterocycles. The lowest BCUT2D eigenvalue weighted by Gasteiger charge is -2.32. The molecule has 0 aromatic rings. The van der Waals surface area contributed by atoms with Gasteiger partial charge in [0.2, 0.25) is 0 Å². The van der Waals surface area contributed by atoms with Crippen LogP contribution in [0.15, 0.2) is 12.7 Å². The topological polar surface area (TPSA) is 78.8 Å². The number of aliphatic hydroxyl groups excluding tert-OH is 2. The molecule has 0 aromatic carbocycles. The second-order valence-corrected chi connectivity index (χ2v) is 5.40. The molecule has 5 heteroatoms. The molecule has 106 valence electrons. The molecule has 0 spiro atoms. The maximum absolute atomic E-state index is 11.6. The van der Waals surface area contributed by atoms with Crippen molar-refractivity contribution in [2.45, 2.75) is 51.2 Å². The van der Waals surface area contributed by atoms with Crippen LogP contribution in [0.25, 0.3) is 0 Å². The molecular weight excluding hydrogens is 234 g/mol. The van der Waals surface area contributed by atoms with E-state index in [4.69, 9.17) is 4.74 Å². The fourth-order valence-corrected chi connectivity index (χ4v) is 1.45. The Morgan fingerprint density at radius 1 is 1.33 bits per heavy atom. The van der Waals surface area contributed by atoms with Crippen molar-refractivity contribution in [3.05, 3.63) is 12.7 Å². The first-order chi connectivity index (χ1) is 8.28. The fourth-order valence-electron chi connectivity index (χ4n) is 1.45. The number of nitrogens with one attached hydrogen (secondary N) is 1. The van der Waals surface area contributed by atoms with Crippen LogP contribution in [0.5, 0.6) is 0 Å². The van der Waals surface area contributed by atoms with Gasteiger partial charge in [0.15, 0.2) is 0 Å². The largest absolute Gasteiger partial charge is 0.444 e. The van der Waals surface area contributed by atoms with Crippen LogP contribution in [0, 0.1) is 0 Å². The van der Waals surface area contributed by atoms with Crippen molar-refractivity contribution in [3.63, 3.8) is 0 Å². The molecule has 0 aliphatic heterocycles. The van der Waals surface area contributed by atoms with Gasteiger partial charge in [0.05, 0.1) is 18.8 Å². The summed E-state index contributed by atoms with van der Waals surface area (Å²) in [5.41, 5.74) is -1.65. The summed E-state index contributed by atoms with van der Waals surface area (Å²) in [6.07, 6.45) is 3.07. The van der Waals surface area contributed by atoms with Gasteiger partial charge >= 0.3 is 6.09 Å². The van der Waals surface area contributed by atoms with Gasteiger partial charge in [-0.1, -0.05) is 6.08 Å². The standard InChI is InChI=1S/C13H25NO4/c1-5-6-7-8-13(9-15,10-16)14-11(17)18-12(2,3)4/h5,15-16H,1,6-10H2,2-4H3,(H,14,17). The average molecular weight is 259 g/mol. The van der Waals surface area contributed by atoms with Gasteiger partial charge in [0.1, 0.15) is 5.60 Å². The quantitative estimate of drug-likeness (QED) is 0.479. The third-order valence-electron chi connectivity index (χ3n) is 2.44. The van der Waals surface area contributed by atoms with Crippen LogP contribution in [-0.2, 0) is 4.74 Å². The lowest BCUT2D eigenvalue weighted by molar-refractivity contribution is 0.0272. The number of hydrogen-bond donors (Lipinski definition) is 3. The summed E-state index contributed by atoms with van der Waals surface area (Å²) in [7, 11) is 0. The van der Waals surface area contributed by atoms with E-state index in [0.29, 0.717) is 6.42 Å². The number of hydrogen-bond acceptors (Lipinski definition) is 4. The van der Waals surface area contributed by atoms with Gasteiger partial charge in [-0.3, -0.25) is 0 Å². The van der Waals surface area contributed by atoms with Crippen molar-refractivity contribution in [3.8, 4) is 0 Å². The molecule has 3 N–H and O–H groups in total. The van der Waals surface area contributed by atoms with Gasteiger partial charge in [0, 0.05) is 0 Å². The summed E-state index contributed by atoms with van der Waals surface area (Å²) >= 11 is 0. The highest BCUT2D eigenvalue weighted by molar-refractivity contribution is 5.68. The van der Waals surface area contributed by atoms with E-state index in [1.54, 1.807) is 26.8 Å². The molecule has 0 radical (unpaired) electrons. The number of ether oxygens (including phenoxy) is 1. The molecule has 0 bridgehead atoms. The van der Waals surface area contributed by atoms with Crippen molar-refractivity contribution in [1.82, 2.24) is 5.32 Å². The van der Waals surface area contributed by atoms with Crippen LogP contribution >= 0.6 is 0 Å². The maximum Gasteiger partial charge on any atom is 0.408 e. The molecule has 0 atom stereocenters. The second-order valence-electron chi connectivity index (χ2n) is 5.40. The van der Waals surface area contributed by atoms with E-state index in [0.717, 1.165) is 12.8 Å². The third kappa shape index (κ3) is 6.61. The van der Waals surface area contributed by atoms with Crippen LogP contribution in [0.3, 0.4) is 0 Å². The van der Waals surface area contributed by atoms with E-state index in [2.05, 4.69) is 11.9 Å². The Kier molecular flexibility index (Phi) is 6.94. The molecule has 1 amide bonds. The highest BCUT2D eigenvalue weighted by atomic mass is 16.6. The Balaban J connectivity index is 4.49. The van der Waals surface area contributed by atoms with Gasteiger partial charge in [-0.05, 0) is 40.0 Å². The monoisotopic (exact) mass is 259 g/mol. The predicted molar refractivity (Wildman–Crippen MR) is 70.3 cm³/mol. The summed E-state index contributed by atoms with van der Waals surface area (Å²) in [4.78, 5) is 11.6. The normalized spacial score (nSPS) is 12.1. The zero-order valence-electron chi connectivity index (χ0n) is 11.5. The molecule has 0 unspecified atom stereocenters. The molecule has 0 saturated carbocycles. The Labute approximate surface area is 109 Å². The molecular formula is C13H25NO4. The van der Waals surface area contributed by atoms with E-state index in [-0.39, 0.29) is 13.2 Å². The fraction of sp³-hybridized carbons (Fsp3) is 0.769. The summed E-state index contributed by atoms with van der Waals surface area (Å²) in [6, 6.07) is 0. The first-order valence-electron chi connectivity index (χ1n) is 6.12. The SMILES string of the molecule is C=CCCCC(CO)(CO)NC(=O)OC(C)(C)C. The Bertz CT molecular complexity index is 267. The van der Waals surface area contributed by atoms with Gasteiger partial charge in [-0.2, -0.15) is 0 Å². The average Bonchev–Trinajstić information content (AvgIpc) is 2.25. The zero-order valence-corrected chi connectivity index (χ0v) is 11.5. The minimum absolute atomic E-state index is 0.333. The van der Waals surface area contributed by atoms with E-state index < -0.39 is 17.2 Å². The molecule has 5 nitrogen and oxygen atoms in total. The highest BCUT2D eigenvalue weighted by Gasteiger charge is 2.32. The number of alkyl carbamates (subject to hydrolysis) is 1. The van der Waals surface area contributed by atoms with Crippen molar-refractivity contribution >= 4 is 6.09 Å². The van der Waals surface area contributed by atoms with Gasteiger partial charge in [-0.15, -0.1) is 6.58 Å². The number of carbonyl (C=O) groups is 1. The molecule has 18 heavy (non-hydrogen) atoms. The van der Waals surface area contributed by atoms with Gasteiger partial charge in [-0.25, -0.2) is 4.79 Å². The lowest BCUT2D eigenvalue weighted by atomic mass is 9.94. The smallest absolute Gasteiger partial charge is 0.408 e. The molecule has 0 aliphatic carbocycles. The molecule has 0 heterocycles. The van der Waals surface area contributed by atoms with E-state index in [1.165, 1.54) is 0 Å². The number of aliphatic hydroxyl groups is 2. The summed E-state index contributed by atoms with van der Waals surface area (Å²) < 4.78 is 5.11. The van der Waals surface area contributed by atoms with E-state index >= 15 is 0 Å². The number of allylic oxidation sites excluding steroid dienone is 1. The molecule has 0 rings (SSSR count). The molecule has 0 aliphatic rings. The maximum atomic E-state index is 11.6. The number of carbonyl (C=O) groups excluding carboxylic acids is 1.